The molecule has 0 aliphatic heterocycles. The first-order chi connectivity index (χ1) is 9.05. The Bertz CT molecular complexity index is 691. The molecule has 0 nitrogen and oxygen atoms in total. The van der Waals surface area contributed by atoms with Crippen molar-refractivity contribution in [3.63, 3.8) is 0 Å². The van der Waals surface area contributed by atoms with Gasteiger partial charge in [-0.1, -0.05) is 0 Å². The van der Waals surface area contributed by atoms with E-state index in [4.69, 9.17) is 9.30 Å². The van der Waals surface area contributed by atoms with Gasteiger partial charge in [-0.15, -0.1) is 24.8 Å². The third kappa shape index (κ3) is 3.02. The number of benzene rings is 1. The van der Waals surface area contributed by atoms with Gasteiger partial charge in [0.25, 0.3) is 0 Å². The van der Waals surface area contributed by atoms with Crippen LogP contribution in [0.1, 0.15) is 28.7 Å². The summed E-state index contributed by atoms with van der Waals surface area (Å²) in [6, 6.07) is 8.72. The molecule has 21 heavy (non-hydrogen) atoms. The zero-order valence-electron chi connectivity index (χ0n) is 12.1. The molecule has 1 aromatic carbocycles. The Morgan fingerprint density at radius 2 is 2.00 bits per heavy atom. The molecular weight excluding hydrogens is 374 g/mol. The zero-order chi connectivity index (χ0) is 13.5. The predicted molar refractivity (Wildman–Crippen MR) is 99.4 cm³/mol. The molecule has 1 aromatic rings. The summed E-state index contributed by atoms with van der Waals surface area (Å²) in [5.41, 5.74) is 2.80. The third-order valence-corrected chi connectivity index (χ3v) is 22.0. The van der Waals surface area contributed by atoms with E-state index in [0.29, 0.717) is 4.22 Å². The normalized spacial score (nSPS) is 19.6. The van der Waals surface area contributed by atoms with E-state index in [-0.39, 0.29) is 24.8 Å². The van der Waals surface area contributed by atoms with Crippen LogP contribution >= 0.6 is 34.1 Å². The standard InChI is InChI=1S/C9H7.C5H5.C2H5.3ClH.H2Si.Ti/c1-2-5-9-7-3-6-8(9)4-1;1-2-4-5-3-1;1-2;;;;;/h1-7H;1-3H,4H2;1H2,2H3;3*1H;1H2;/q;;;;;;;+1/p-1. The van der Waals surface area contributed by atoms with Crippen molar-refractivity contribution >= 4 is 47.8 Å². The van der Waals surface area contributed by atoms with Gasteiger partial charge in [0, 0.05) is 0 Å². The Morgan fingerprint density at radius 3 is 2.62 bits per heavy atom. The summed E-state index contributed by atoms with van der Waals surface area (Å²) in [4.78, 5) is 0. The number of halogens is 3. The van der Waals surface area contributed by atoms with Gasteiger partial charge in [-0.05, 0) is 0 Å². The minimum Gasteiger partial charge on any atom is -0.147 e. The molecule has 0 amide bonds. The van der Waals surface area contributed by atoms with Crippen molar-refractivity contribution in [3.05, 3.63) is 63.6 Å². The van der Waals surface area contributed by atoms with Crippen molar-refractivity contribution in [2.75, 3.05) is 0 Å². The molecule has 3 rings (SSSR count). The first-order valence-corrected chi connectivity index (χ1v) is 15.9. The topological polar surface area (TPSA) is 0 Å². The average molecular weight is 396 g/mol. The molecule has 0 saturated heterocycles. The maximum absolute atomic E-state index is 7.46. The van der Waals surface area contributed by atoms with E-state index in [1.54, 1.807) is 0 Å². The summed E-state index contributed by atoms with van der Waals surface area (Å²) in [5, 5.41) is 0. The summed E-state index contributed by atoms with van der Waals surface area (Å²) in [7, 11) is 9.61. The zero-order valence-corrected chi connectivity index (χ0v) is 17.5. The van der Waals surface area contributed by atoms with Gasteiger partial charge >= 0.3 is 122 Å². The Hall–Kier alpha value is 0.241. The molecule has 1 atom stereocenters. The molecule has 1 unspecified atom stereocenters. The fourth-order valence-electron chi connectivity index (χ4n) is 3.36. The molecule has 114 valence electrons. The number of rotatable bonds is 3. The molecule has 0 spiro atoms. The minimum atomic E-state index is -3.17. The quantitative estimate of drug-likeness (QED) is 0.612. The van der Waals surface area contributed by atoms with Gasteiger partial charge < -0.3 is 0 Å². The van der Waals surface area contributed by atoms with E-state index in [9.17, 15) is 0 Å². The Kier molecular flexibility index (Phi) is 6.23. The molecule has 0 radical (unpaired) electrons. The van der Waals surface area contributed by atoms with Crippen molar-refractivity contribution in [1.82, 2.24) is 0 Å². The van der Waals surface area contributed by atoms with Crippen molar-refractivity contribution in [1.29, 1.82) is 0 Å². The van der Waals surface area contributed by atoms with Crippen LogP contribution in [-0.2, 0) is 13.0 Å². The van der Waals surface area contributed by atoms with E-state index in [1.807, 2.05) is 0 Å². The molecule has 2 aliphatic carbocycles. The third-order valence-electron chi connectivity index (χ3n) is 4.81. The summed E-state index contributed by atoms with van der Waals surface area (Å²) in [6.45, 7) is 2.28. The number of hydrogen-bond donors (Lipinski definition) is 0. The molecule has 0 bridgehead atoms. The molecular formula is C16H21Cl3SiTi. The summed E-state index contributed by atoms with van der Waals surface area (Å²) in [6.07, 6.45) is 12.4. The van der Waals surface area contributed by atoms with E-state index in [1.165, 1.54) is 15.0 Å². The molecule has 2 aliphatic rings. The summed E-state index contributed by atoms with van der Waals surface area (Å²) >= 11 is -3.17. The summed E-state index contributed by atoms with van der Waals surface area (Å²) in [5.74, 6) is 0. The van der Waals surface area contributed by atoms with Crippen LogP contribution in [0.15, 0.2) is 52.4 Å². The Balaban J connectivity index is 0.00000110. The second-order valence-corrected chi connectivity index (χ2v) is 26.3. The average Bonchev–Trinajstić information content (AvgIpc) is 3.09. The van der Waals surface area contributed by atoms with Crippen LogP contribution in [0.2, 0.25) is 4.73 Å². The fourth-order valence-corrected chi connectivity index (χ4v) is 13.4. The van der Waals surface area contributed by atoms with Crippen molar-refractivity contribution in [3.8, 4) is 0 Å². The van der Waals surface area contributed by atoms with E-state index in [2.05, 4.69) is 69.2 Å². The molecule has 0 heterocycles. The van der Waals surface area contributed by atoms with Crippen LogP contribution in [0.25, 0.3) is 6.08 Å². The van der Waals surface area contributed by atoms with E-state index in [0.717, 1.165) is 11.1 Å². The first kappa shape index (κ1) is 19.3. The maximum atomic E-state index is 7.46. The molecule has 5 heteroatoms. The Morgan fingerprint density at radius 1 is 1.29 bits per heavy atom. The minimum absolute atomic E-state index is 0. The van der Waals surface area contributed by atoms with Gasteiger partial charge in [-0.3, -0.25) is 0 Å². The molecule has 0 saturated carbocycles. The first-order valence-electron chi connectivity index (χ1n) is 6.93. The number of allylic oxidation sites excluding steroid dienone is 5. The number of hydrogen-bond acceptors (Lipinski definition) is 0. The number of fused-ring (bicyclic) bond motifs is 1. The van der Waals surface area contributed by atoms with Crippen LogP contribution in [0, 0.1) is 0 Å². The van der Waals surface area contributed by atoms with Crippen LogP contribution in [0.5, 0.6) is 0 Å². The van der Waals surface area contributed by atoms with Gasteiger partial charge in [0.05, 0.1) is 0 Å². The maximum Gasteiger partial charge on any atom is -0.147 e. The fraction of sp³-hybridized carbons (Fsp3) is 0.250. The van der Waals surface area contributed by atoms with Crippen LogP contribution in [0.4, 0.5) is 0 Å². The van der Waals surface area contributed by atoms with Gasteiger partial charge in [0.15, 0.2) is 0 Å². The molecule has 0 fully saturated rings. The monoisotopic (exact) mass is 394 g/mol. The van der Waals surface area contributed by atoms with Crippen molar-refractivity contribution in [2.24, 2.45) is 0 Å². The van der Waals surface area contributed by atoms with Gasteiger partial charge in [-0.2, -0.15) is 0 Å². The van der Waals surface area contributed by atoms with Gasteiger partial charge in [-0.25, -0.2) is 0 Å². The van der Waals surface area contributed by atoms with E-state index < -0.39 is 13.0 Å². The Labute approximate surface area is 145 Å². The molecule has 0 N–H and O–H groups in total. The van der Waals surface area contributed by atoms with Crippen molar-refractivity contribution in [2.45, 2.75) is 22.3 Å². The molecule has 0 aromatic heterocycles. The SMILES string of the molecule is C[CH2][Ti](=[SiH2])([Cl])([C]1=CC=CC1)[CH]1C=Cc2ccccc21.Cl.Cl. The van der Waals surface area contributed by atoms with Crippen LogP contribution < -0.4 is 0 Å². The van der Waals surface area contributed by atoms with Crippen LogP contribution in [0.3, 0.4) is 0 Å². The second kappa shape index (κ2) is 6.78. The smallest absolute Gasteiger partial charge is 0.147 e. The largest absolute Gasteiger partial charge is 0.147 e. The van der Waals surface area contributed by atoms with E-state index >= 15 is 0 Å². The van der Waals surface area contributed by atoms with Crippen molar-refractivity contribution < 1.29 is 13.0 Å². The summed E-state index contributed by atoms with van der Waals surface area (Å²) < 4.78 is 3.10. The van der Waals surface area contributed by atoms with Gasteiger partial charge in [0.1, 0.15) is 0 Å². The second-order valence-electron chi connectivity index (χ2n) is 5.77. The van der Waals surface area contributed by atoms with Crippen LogP contribution in [-0.4, -0.2) is 7.63 Å². The van der Waals surface area contributed by atoms with Gasteiger partial charge in [0.2, 0.25) is 0 Å². The predicted octanol–water partition coefficient (Wildman–Crippen LogP) is 5.27.